The molecule has 5 N–H and O–H groups in total. The molecule has 0 radical (unpaired) electrons. The van der Waals surface area contributed by atoms with Crippen LogP contribution >= 0.6 is 0 Å². The maximum atomic E-state index is 14.1. The van der Waals surface area contributed by atoms with Gasteiger partial charge in [0.25, 0.3) is 0 Å². The molecule has 0 unspecified atom stereocenters. The normalized spacial score (nSPS) is 17.8. The molecule has 0 aliphatic carbocycles. The van der Waals surface area contributed by atoms with Crippen molar-refractivity contribution in [3.05, 3.63) is 77.5 Å². The largest absolute Gasteiger partial charge is 0.380 e. The minimum Gasteiger partial charge on any atom is -0.380 e. The molecule has 1 aliphatic heterocycles. The molecule has 7 nitrogen and oxygen atoms in total. The number of hydrogen-bond acceptors (Lipinski definition) is 6. The predicted octanol–water partition coefficient (Wildman–Crippen LogP) is 3.93. The van der Waals surface area contributed by atoms with Gasteiger partial charge in [-0.15, -0.1) is 0 Å². The van der Waals surface area contributed by atoms with Crippen LogP contribution in [0.15, 0.2) is 54.7 Å². The van der Waals surface area contributed by atoms with Crippen molar-refractivity contribution < 1.29 is 13.6 Å². The second-order valence-electron chi connectivity index (χ2n) is 8.98. The number of anilines is 4. The summed E-state index contributed by atoms with van der Waals surface area (Å²) in [5, 5.41) is 9.88. The maximum Gasteiger partial charge on any atom is 0.221 e. The monoisotopic (exact) mass is 480 g/mol. The molecule has 2 atom stereocenters. The Labute approximate surface area is 203 Å². The van der Waals surface area contributed by atoms with Crippen LogP contribution in [0.25, 0.3) is 0 Å². The Balaban J connectivity index is 1.49. The van der Waals surface area contributed by atoms with Crippen LogP contribution in [0.3, 0.4) is 0 Å². The van der Waals surface area contributed by atoms with Gasteiger partial charge in [0.05, 0.1) is 6.42 Å². The zero-order chi connectivity index (χ0) is 24.9. The predicted molar refractivity (Wildman–Crippen MR) is 135 cm³/mol. The highest BCUT2D eigenvalue weighted by Gasteiger charge is 2.21. The van der Waals surface area contributed by atoms with Crippen molar-refractivity contribution in [3.63, 3.8) is 0 Å². The molecule has 3 aromatic rings. The average molecular weight is 481 g/mol. The molecule has 1 aliphatic rings. The number of amides is 1. The van der Waals surface area contributed by atoms with Gasteiger partial charge in [-0.3, -0.25) is 4.79 Å². The van der Waals surface area contributed by atoms with Crippen LogP contribution in [0, 0.1) is 11.6 Å². The third kappa shape index (κ3) is 6.24. The fourth-order valence-electron chi connectivity index (χ4n) is 4.36. The number of benzene rings is 2. The summed E-state index contributed by atoms with van der Waals surface area (Å²) < 4.78 is 27.6. The maximum absolute atomic E-state index is 14.1. The number of halogens is 2. The smallest absolute Gasteiger partial charge is 0.221 e. The van der Waals surface area contributed by atoms with Gasteiger partial charge >= 0.3 is 0 Å². The highest BCUT2D eigenvalue weighted by Crippen LogP contribution is 2.26. The quantitative estimate of drug-likeness (QED) is 0.390. The van der Waals surface area contributed by atoms with Gasteiger partial charge in [0.15, 0.2) is 11.6 Å². The van der Waals surface area contributed by atoms with Crippen LogP contribution in [0.5, 0.6) is 0 Å². The lowest BCUT2D eigenvalue weighted by Crippen LogP contribution is -2.54. The Hall–Kier alpha value is -3.72. The Morgan fingerprint density at radius 2 is 1.83 bits per heavy atom. The van der Waals surface area contributed by atoms with Crippen LogP contribution in [0.4, 0.5) is 31.7 Å². The van der Waals surface area contributed by atoms with Gasteiger partial charge in [-0.05, 0) is 44.2 Å². The first-order valence-corrected chi connectivity index (χ1v) is 11.6. The second kappa shape index (κ2) is 10.7. The minimum absolute atomic E-state index is 0.0303. The second-order valence-corrected chi connectivity index (χ2v) is 8.98. The third-order valence-corrected chi connectivity index (χ3v) is 5.91. The van der Waals surface area contributed by atoms with Crippen molar-refractivity contribution in [2.24, 2.45) is 5.73 Å². The number of nitrogens with zero attached hydrogens (tertiary/aromatic N) is 2. The van der Waals surface area contributed by atoms with E-state index in [-0.39, 0.29) is 18.5 Å². The lowest BCUT2D eigenvalue weighted by atomic mass is 10.1. The molecule has 1 fully saturated rings. The van der Waals surface area contributed by atoms with Crippen LogP contribution in [-0.4, -0.2) is 36.1 Å². The van der Waals surface area contributed by atoms with Crippen molar-refractivity contribution in [1.82, 2.24) is 10.3 Å². The molecular weight excluding hydrogens is 450 g/mol. The van der Waals surface area contributed by atoms with Crippen molar-refractivity contribution in [1.29, 1.82) is 0 Å². The van der Waals surface area contributed by atoms with Gasteiger partial charge in [0.1, 0.15) is 5.82 Å². The van der Waals surface area contributed by atoms with E-state index in [0.29, 0.717) is 29.2 Å². The summed E-state index contributed by atoms with van der Waals surface area (Å²) in [6, 6.07) is 14.7. The molecule has 0 spiro atoms. The van der Waals surface area contributed by atoms with E-state index in [1.54, 1.807) is 12.3 Å². The van der Waals surface area contributed by atoms with E-state index in [4.69, 9.17) is 5.73 Å². The van der Waals surface area contributed by atoms with E-state index in [9.17, 15) is 13.6 Å². The van der Waals surface area contributed by atoms with Gasteiger partial charge in [-0.25, -0.2) is 13.8 Å². The van der Waals surface area contributed by atoms with E-state index in [1.165, 1.54) is 12.1 Å². The molecule has 2 aromatic carbocycles. The van der Waals surface area contributed by atoms with Gasteiger partial charge in [0, 0.05) is 72.2 Å². The fourth-order valence-corrected chi connectivity index (χ4v) is 4.36. The highest BCUT2D eigenvalue weighted by atomic mass is 19.2. The fraction of sp³-hybridized carbons (Fsp3) is 0.308. The standard InChI is InChI=1S/C26H30F2N6O/c1-16-14-34(15-17(2)32-16)21-8-6-20(7-9-21)33-25-11-23(19(13-31-25)10-24(29)35)30-12-18-4-3-5-22(27)26(18)28/h3-9,11,13,16-17,32H,10,12,14-15H2,1-2H3,(H2,29,35)(H2,30,31,33)/t16-,17+. The first-order valence-electron chi connectivity index (χ1n) is 11.6. The molecule has 184 valence electrons. The van der Waals surface area contributed by atoms with Gasteiger partial charge in [-0.2, -0.15) is 0 Å². The summed E-state index contributed by atoms with van der Waals surface area (Å²) in [5.74, 6) is -1.79. The van der Waals surface area contributed by atoms with Gasteiger partial charge in [0.2, 0.25) is 5.91 Å². The number of carbonyl (C=O) groups excluding carboxylic acids is 1. The number of nitrogens with two attached hydrogens (primary N) is 1. The number of carbonyl (C=O) groups is 1. The number of nitrogens with one attached hydrogen (secondary N) is 3. The number of primary amides is 1. The number of piperazine rings is 1. The Kier molecular flexibility index (Phi) is 7.45. The van der Waals surface area contributed by atoms with Crippen LogP contribution in [-0.2, 0) is 17.8 Å². The average Bonchev–Trinajstić information content (AvgIpc) is 2.81. The molecule has 0 bridgehead atoms. The van der Waals surface area contributed by atoms with E-state index < -0.39 is 17.5 Å². The summed E-state index contributed by atoms with van der Waals surface area (Å²) in [5.41, 5.74) is 8.68. The van der Waals surface area contributed by atoms with Crippen molar-refractivity contribution in [2.75, 3.05) is 28.6 Å². The van der Waals surface area contributed by atoms with Crippen molar-refractivity contribution in [3.8, 4) is 0 Å². The molecule has 35 heavy (non-hydrogen) atoms. The topological polar surface area (TPSA) is 95.3 Å². The zero-order valence-electron chi connectivity index (χ0n) is 19.8. The number of aromatic nitrogens is 1. The zero-order valence-corrected chi connectivity index (χ0v) is 19.8. The first kappa shape index (κ1) is 24.4. The summed E-state index contributed by atoms with van der Waals surface area (Å²) in [4.78, 5) is 18.3. The molecule has 1 amide bonds. The van der Waals surface area contributed by atoms with Gasteiger partial charge in [-0.1, -0.05) is 12.1 Å². The summed E-state index contributed by atoms with van der Waals surface area (Å²) in [6.45, 7) is 6.29. The van der Waals surface area contributed by atoms with Crippen LogP contribution in [0.2, 0.25) is 0 Å². The molecule has 4 rings (SSSR count). The van der Waals surface area contributed by atoms with E-state index in [2.05, 4.69) is 51.8 Å². The number of pyridine rings is 1. The summed E-state index contributed by atoms with van der Waals surface area (Å²) in [7, 11) is 0. The Morgan fingerprint density at radius 1 is 1.11 bits per heavy atom. The van der Waals surface area contributed by atoms with Crippen LogP contribution in [0.1, 0.15) is 25.0 Å². The highest BCUT2D eigenvalue weighted by molar-refractivity contribution is 5.79. The van der Waals surface area contributed by atoms with Crippen LogP contribution < -0.4 is 26.6 Å². The Morgan fingerprint density at radius 3 is 2.51 bits per heavy atom. The molecule has 1 aromatic heterocycles. The SMILES string of the molecule is C[C@@H]1CN(c2ccc(Nc3cc(NCc4cccc(F)c4F)c(CC(N)=O)cn3)cc2)C[C@H](C)N1. The lowest BCUT2D eigenvalue weighted by molar-refractivity contribution is -0.117. The minimum atomic E-state index is -0.910. The molecule has 0 saturated carbocycles. The Bertz CT molecular complexity index is 1180. The molecule has 1 saturated heterocycles. The van der Waals surface area contributed by atoms with Gasteiger partial charge < -0.3 is 26.6 Å². The molecular formula is C26H30F2N6O. The number of rotatable bonds is 8. The lowest BCUT2D eigenvalue weighted by Gasteiger charge is -2.37. The number of hydrogen-bond donors (Lipinski definition) is 4. The van der Waals surface area contributed by atoms with E-state index >= 15 is 0 Å². The van der Waals surface area contributed by atoms with Crippen molar-refractivity contribution >= 4 is 28.8 Å². The van der Waals surface area contributed by atoms with E-state index in [0.717, 1.165) is 30.5 Å². The van der Waals surface area contributed by atoms with Crippen molar-refractivity contribution in [2.45, 2.75) is 38.9 Å². The molecule has 2 heterocycles. The summed E-state index contributed by atoms with van der Waals surface area (Å²) in [6.07, 6.45) is 1.52. The summed E-state index contributed by atoms with van der Waals surface area (Å²) >= 11 is 0. The molecule has 9 heteroatoms. The first-order chi connectivity index (χ1) is 16.8. The van der Waals surface area contributed by atoms with E-state index in [1.807, 2.05) is 12.1 Å². The third-order valence-electron chi connectivity index (χ3n) is 5.91.